The standard InChI is InChI=1S/C11H17NO/c1-7(2)12-11(13)10-6-8-3-4-9(10)5-8/h6-9H,3-5H2,1-2H3,(H,12,13). The van der Waals surface area contributed by atoms with E-state index < -0.39 is 0 Å². The Kier molecular flexibility index (Phi) is 2.14. The van der Waals surface area contributed by atoms with Crippen LogP contribution in [-0.4, -0.2) is 11.9 Å². The molecule has 2 atom stereocenters. The normalized spacial score (nSPS) is 30.8. The summed E-state index contributed by atoms with van der Waals surface area (Å²) in [4.78, 5) is 11.7. The number of amides is 1. The topological polar surface area (TPSA) is 29.1 Å². The second-order valence-electron chi connectivity index (χ2n) is 4.52. The molecule has 72 valence electrons. The fourth-order valence-electron chi connectivity index (χ4n) is 2.45. The lowest BCUT2D eigenvalue weighted by molar-refractivity contribution is -0.118. The highest BCUT2D eigenvalue weighted by Crippen LogP contribution is 2.43. The van der Waals surface area contributed by atoms with Crippen molar-refractivity contribution >= 4 is 5.91 Å². The average molecular weight is 179 g/mol. The molecular weight excluding hydrogens is 162 g/mol. The summed E-state index contributed by atoms with van der Waals surface area (Å²) in [6.07, 6.45) is 5.93. The summed E-state index contributed by atoms with van der Waals surface area (Å²) in [5.41, 5.74) is 1.06. The summed E-state index contributed by atoms with van der Waals surface area (Å²) in [5.74, 6) is 1.45. The van der Waals surface area contributed by atoms with Crippen LogP contribution >= 0.6 is 0 Å². The molecule has 1 amide bonds. The highest BCUT2D eigenvalue weighted by Gasteiger charge is 2.35. The van der Waals surface area contributed by atoms with Gasteiger partial charge < -0.3 is 5.32 Å². The number of allylic oxidation sites excluding steroid dienone is 1. The molecule has 13 heavy (non-hydrogen) atoms. The van der Waals surface area contributed by atoms with Crippen molar-refractivity contribution in [3.05, 3.63) is 11.6 Å². The Morgan fingerprint density at radius 1 is 1.54 bits per heavy atom. The smallest absolute Gasteiger partial charge is 0.247 e. The lowest BCUT2D eigenvalue weighted by Crippen LogP contribution is -2.32. The monoisotopic (exact) mass is 179 g/mol. The van der Waals surface area contributed by atoms with Crippen molar-refractivity contribution in [1.29, 1.82) is 0 Å². The summed E-state index contributed by atoms with van der Waals surface area (Å²) >= 11 is 0. The van der Waals surface area contributed by atoms with Crippen LogP contribution in [0.5, 0.6) is 0 Å². The lowest BCUT2D eigenvalue weighted by atomic mass is 9.98. The van der Waals surface area contributed by atoms with Crippen molar-refractivity contribution in [2.75, 3.05) is 0 Å². The fourth-order valence-corrected chi connectivity index (χ4v) is 2.45. The lowest BCUT2D eigenvalue weighted by Gasteiger charge is -2.14. The van der Waals surface area contributed by atoms with Crippen LogP contribution in [0.2, 0.25) is 0 Å². The van der Waals surface area contributed by atoms with Crippen LogP contribution in [-0.2, 0) is 4.79 Å². The van der Waals surface area contributed by atoms with Crippen LogP contribution in [0.15, 0.2) is 11.6 Å². The first kappa shape index (κ1) is 8.79. The third kappa shape index (κ3) is 1.62. The molecule has 2 unspecified atom stereocenters. The van der Waals surface area contributed by atoms with Crippen LogP contribution in [0.3, 0.4) is 0 Å². The van der Waals surface area contributed by atoms with E-state index >= 15 is 0 Å². The van der Waals surface area contributed by atoms with Gasteiger partial charge in [0, 0.05) is 11.6 Å². The largest absolute Gasteiger partial charge is 0.350 e. The Labute approximate surface area is 79.4 Å². The highest BCUT2D eigenvalue weighted by atomic mass is 16.1. The van der Waals surface area contributed by atoms with Crippen LogP contribution in [0.4, 0.5) is 0 Å². The summed E-state index contributed by atoms with van der Waals surface area (Å²) < 4.78 is 0. The predicted molar refractivity (Wildman–Crippen MR) is 52.2 cm³/mol. The SMILES string of the molecule is CC(C)NC(=O)C1=CC2CCC1C2. The number of carbonyl (C=O) groups excluding carboxylic acids is 1. The van der Waals surface area contributed by atoms with E-state index in [1.807, 2.05) is 13.8 Å². The van der Waals surface area contributed by atoms with Crippen molar-refractivity contribution in [1.82, 2.24) is 5.32 Å². The summed E-state index contributed by atoms with van der Waals surface area (Å²) in [6, 6.07) is 0.257. The molecule has 0 radical (unpaired) electrons. The third-order valence-electron chi connectivity index (χ3n) is 3.01. The Bertz CT molecular complexity index is 255. The first-order chi connectivity index (χ1) is 6.16. The van der Waals surface area contributed by atoms with E-state index in [1.54, 1.807) is 0 Å². The molecule has 0 aromatic heterocycles. The molecule has 0 aromatic rings. The van der Waals surface area contributed by atoms with Gasteiger partial charge in [-0.3, -0.25) is 4.79 Å². The van der Waals surface area contributed by atoms with Gasteiger partial charge in [0.1, 0.15) is 0 Å². The van der Waals surface area contributed by atoms with Gasteiger partial charge in [0.25, 0.3) is 0 Å². The number of carbonyl (C=O) groups is 1. The fraction of sp³-hybridized carbons (Fsp3) is 0.727. The number of hydrogen-bond donors (Lipinski definition) is 1. The Balaban J connectivity index is 2.02. The molecule has 0 saturated heterocycles. The quantitative estimate of drug-likeness (QED) is 0.689. The van der Waals surface area contributed by atoms with Crippen molar-refractivity contribution < 1.29 is 4.79 Å². The molecule has 2 nitrogen and oxygen atoms in total. The van der Waals surface area contributed by atoms with Crippen molar-refractivity contribution in [2.24, 2.45) is 11.8 Å². The van der Waals surface area contributed by atoms with E-state index in [4.69, 9.17) is 0 Å². The number of fused-ring (bicyclic) bond motifs is 2. The molecule has 2 rings (SSSR count). The minimum Gasteiger partial charge on any atom is -0.350 e. The molecule has 0 spiro atoms. The molecule has 1 fully saturated rings. The molecule has 2 aliphatic carbocycles. The number of hydrogen-bond acceptors (Lipinski definition) is 1. The van der Waals surface area contributed by atoms with E-state index in [1.165, 1.54) is 19.3 Å². The molecule has 0 aliphatic heterocycles. The number of nitrogens with one attached hydrogen (secondary N) is 1. The van der Waals surface area contributed by atoms with Crippen LogP contribution < -0.4 is 5.32 Å². The van der Waals surface area contributed by atoms with Gasteiger partial charge in [-0.2, -0.15) is 0 Å². The van der Waals surface area contributed by atoms with Gasteiger partial charge in [-0.25, -0.2) is 0 Å². The van der Waals surface area contributed by atoms with E-state index in [9.17, 15) is 4.79 Å². The zero-order chi connectivity index (χ0) is 9.42. The zero-order valence-electron chi connectivity index (χ0n) is 8.34. The summed E-state index contributed by atoms with van der Waals surface area (Å²) in [5, 5.41) is 2.96. The second kappa shape index (κ2) is 3.17. The van der Waals surface area contributed by atoms with E-state index in [0.717, 1.165) is 5.57 Å². The number of rotatable bonds is 2. The molecule has 0 heterocycles. The summed E-state index contributed by atoms with van der Waals surface area (Å²) in [7, 11) is 0. The maximum Gasteiger partial charge on any atom is 0.247 e. The maximum atomic E-state index is 11.7. The van der Waals surface area contributed by atoms with Gasteiger partial charge in [-0.15, -0.1) is 0 Å². The first-order valence-electron chi connectivity index (χ1n) is 5.19. The van der Waals surface area contributed by atoms with Gasteiger partial charge in [-0.05, 0) is 44.9 Å². The van der Waals surface area contributed by atoms with Crippen LogP contribution in [0.1, 0.15) is 33.1 Å². The second-order valence-corrected chi connectivity index (χ2v) is 4.52. The molecular formula is C11H17NO. The molecule has 2 heteroatoms. The van der Waals surface area contributed by atoms with Crippen LogP contribution in [0, 0.1) is 11.8 Å². The summed E-state index contributed by atoms with van der Waals surface area (Å²) in [6.45, 7) is 4.01. The molecule has 1 N–H and O–H groups in total. The Morgan fingerprint density at radius 2 is 2.31 bits per heavy atom. The van der Waals surface area contributed by atoms with Gasteiger partial charge >= 0.3 is 0 Å². The molecule has 1 saturated carbocycles. The predicted octanol–water partition coefficient (Wildman–Crippen LogP) is 1.87. The molecule has 2 bridgehead atoms. The van der Waals surface area contributed by atoms with Crippen molar-refractivity contribution in [3.63, 3.8) is 0 Å². The van der Waals surface area contributed by atoms with Crippen LogP contribution in [0.25, 0.3) is 0 Å². The van der Waals surface area contributed by atoms with Gasteiger partial charge in [0.05, 0.1) is 0 Å². The van der Waals surface area contributed by atoms with E-state index in [0.29, 0.717) is 11.8 Å². The average Bonchev–Trinajstić information content (AvgIpc) is 2.62. The van der Waals surface area contributed by atoms with E-state index in [2.05, 4.69) is 11.4 Å². The van der Waals surface area contributed by atoms with Crippen molar-refractivity contribution in [3.8, 4) is 0 Å². The zero-order valence-corrected chi connectivity index (χ0v) is 8.34. The third-order valence-corrected chi connectivity index (χ3v) is 3.01. The minimum absolute atomic E-state index is 0.169. The minimum atomic E-state index is 0.169. The van der Waals surface area contributed by atoms with Gasteiger partial charge in [-0.1, -0.05) is 6.08 Å². The Hall–Kier alpha value is -0.790. The van der Waals surface area contributed by atoms with Crippen molar-refractivity contribution in [2.45, 2.75) is 39.2 Å². The first-order valence-corrected chi connectivity index (χ1v) is 5.19. The Morgan fingerprint density at radius 3 is 2.77 bits per heavy atom. The van der Waals surface area contributed by atoms with Gasteiger partial charge in [0.2, 0.25) is 5.91 Å². The highest BCUT2D eigenvalue weighted by molar-refractivity contribution is 5.94. The van der Waals surface area contributed by atoms with E-state index in [-0.39, 0.29) is 11.9 Å². The van der Waals surface area contributed by atoms with Gasteiger partial charge in [0.15, 0.2) is 0 Å². The molecule has 2 aliphatic rings. The molecule has 0 aromatic carbocycles. The maximum absolute atomic E-state index is 11.7.